The summed E-state index contributed by atoms with van der Waals surface area (Å²) in [5.74, 6) is -0.462. The summed E-state index contributed by atoms with van der Waals surface area (Å²) in [4.78, 5) is 10.4. The molecule has 0 aliphatic rings. The molecule has 1 heterocycles. The minimum Gasteiger partial charge on any atom is -0.370 e. The van der Waals surface area contributed by atoms with E-state index in [-0.39, 0.29) is 6.61 Å². The monoisotopic (exact) mass is 260 g/mol. The summed E-state index contributed by atoms with van der Waals surface area (Å²) >= 11 is 6.06. The Morgan fingerprint density at radius 1 is 1.65 bits per heavy atom. The highest BCUT2D eigenvalue weighted by Crippen LogP contribution is 2.17. The molecule has 1 aromatic rings. The highest BCUT2D eigenvalue weighted by atomic mass is 35.5. The molecule has 0 saturated heterocycles. The molecule has 1 aromatic heterocycles. The summed E-state index contributed by atoms with van der Waals surface area (Å²) in [5.41, 5.74) is 6.81. The fourth-order valence-electron chi connectivity index (χ4n) is 1.41. The molecule has 0 radical (unpaired) electrons. The van der Waals surface area contributed by atoms with Crippen molar-refractivity contribution >= 4 is 17.5 Å². The zero-order valence-corrected chi connectivity index (χ0v) is 10.8. The molecule has 1 amide bonds. The van der Waals surface area contributed by atoms with Crippen LogP contribution in [0, 0.1) is 6.92 Å². The number of halogens is 1. The summed E-state index contributed by atoms with van der Waals surface area (Å²) < 4.78 is 6.64. The van der Waals surface area contributed by atoms with E-state index in [4.69, 9.17) is 22.1 Å². The van der Waals surface area contributed by atoms with Gasteiger partial charge in [0.05, 0.1) is 12.3 Å². The van der Waals surface area contributed by atoms with Gasteiger partial charge in [-0.05, 0) is 6.92 Å². The minimum atomic E-state index is -0.462. The standard InChI is InChI=1S/C10H17ClN4O2/c1-7-8(10(11)15(2)14-7)5-13-3-4-17-6-9(12)16/h13H,3-6H2,1-2H3,(H2,12,16). The number of hydrogen-bond acceptors (Lipinski definition) is 4. The summed E-state index contributed by atoms with van der Waals surface area (Å²) in [6, 6.07) is 0. The Morgan fingerprint density at radius 2 is 2.35 bits per heavy atom. The number of ether oxygens (including phenoxy) is 1. The van der Waals surface area contributed by atoms with Crippen molar-refractivity contribution in [3.05, 3.63) is 16.4 Å². The number of amides is 1. The van der Waals surface area contributed by atoms with Crippen LogP contribution in [-0.4, -0.2) is 35.4 Å². The lowest BCUT2D eigenvalue weighted by Crippen LogP contribution is -2.23. The van der Waals surface area contributed by atoms with Crippen molar-refractivity contribution in [1.82, 2.24) is 15.1 Å². The van der Waals surface area contributed by atoms with Gasteiger partial charge >= 0.3 is 0 Å². The number of hydrogen-bond donors (Lipinski definition) is 2. The zero-order valence-electron chi connectivity index (χ0n) is 9.99. The van der Waals surface area contributed by atoms with Crippen LogP contribution >= 0.6 is 11.6 Å². The Balaban J connectivity index is 2.24. The second-order valence-electron chi connectivity index (χ2n) is 3.67. The lowest BCUT2D eigenvalue weighted by molar-refractivity contribution is -0.122. The molecular weight excluding hydrogens is 244 g/mol. The van der Waals surface area contributed by atoms with Gasteiger partial charge in [-0.3, -0.25) is 9.48 Å². The minimum absolute atomic E-state index is 0.0473. The smallest absolute Gasteiger partial charge is 0.243 e. The molecule has 3 N–H and O–H groups in total. The number of aryl methyl sites for hydroxylation is 2. The van der Waals surface area contributed by atoms with Gasteiger partial charge in [0, 0.05) is 25.7 Å². The second kappa shape index (κ2) is 6.58. The summed E-state index contributed by atoms with van der Waals surface area (Å²) in [6.07, 6.45) is 0. The molecule has 1 rings (SSSR count). The predicted molar refractivity (Wildman–Crippen MR) is 64.7 cm³/mol. The average Bonchev–Trinajstić information content (AvgIpc) is 2.48. The van der Waals surface area contributed by atoms with Gasteiger partial charge in [0.15, 0.2) is 0 Å². The molecule has 0 atom stereocenters. The van der Waals surface area contributed by atoms with Crippen LogP contribution in [0.5, 0.6) is 0 Å². The molecular formula is C10H17ClN4O2. The maximum atomic E-state index is 10.4. The van der Waals surface area contributed by atoms with Gasteiger partial charge in [-0.2, -0.15) is 5.10 Å². The van der Waals surface area contributed by atoms with Gasteiger partial charge in [0.2, 0.25) is 5.91 Å². The molecule has 0 bridgehead atoms. The quantitative estimate of drug-likeness (QED) is 0.675. The Kier molecular flexibility index (Phi) is 5.40. The number of rotatable bonds is 7. The fraction of sp³-hybridized carbons (Fsp3) is 0.600. The summed E-state index contributed by atoms with van der Waals surface area (Å²) in [6.45, 7) is 3.54. The van der Waals surface area contributed by atoms with Crippen LogP contribution in [0.1, 0.15) is 11.3 Å². The van der Waals surface area contributed by atoms with E-state index < -0.39 is 5.91 Å². The van der Waals surface area contributed by atoms with E-state index in [2.05, 4.69) is 10.4 Å². The molecule has 6 nitrogen and oxygen atoms in total. The van der Waals surface area contributed by atoms with Crippen molar-refractivity contribution in [2.24, 2.45) is 12.8 Å². The van der Waals surface area contributed by atoms with E-state index in [1.165, 1.54) is 0 Å². The van der Waals surface area contributed by atoms with Gasteiger partial charge in [-0.1, -0.05) is 11.6 Å². The number of nitrogens with two attached hydrogens (primary N) is 1. The third kappa shape index (κ3) is 4.33. The highest BCUT2D eigenvalue weighted by Gasteiger charge is 2.09. The number of nitrogens with zero attached hydrogens (tertiary/aromatic N) is 2. The number of aromatic nitrogens is 2. The SMILES string of the molecule is Cc1nn(C)c(Cl)c1CNCCOCC(N)=O. The van der Waals surface area contributed by atoms with Gasteiger partial charge in [-0.25, -0.2) is 0 Å². The van der Waals surface area contributed by atoms with E-state index in [9.17, 15) is 4.79 Å². The zero-order chi connectivity index (χ0) is 12.8. The van der Waals surface area contributed by atoms with Crippen LogP contribution in [-0.2, 0) is 23.1 Å². The van der Waals surface area contributed by atoms with Gasteiger partial charge in [0.25, 0.3) is 0 Å². The Labute approximate surface area is 105 Å². The molecule has 0 saturated carbocycles. The second-order valence-corrected chi connectivity index (χ2v) is 4.03. The first kappa shape index (κ1) is 14.0. The van der Waals surface area contributed by atoms with Crippen molar-refractivity contribution in [2.45, 2.75) is 13.5 Å². The Morgan fingerprint density at radius 3 is 2.88 bits per heavy atom. The van der Waals surface area contributed by atoms with E-state index in [1.807, 2.05) is 6.92 Å². The van der Waals surface area contributed by atoms with Crippen LogP contribution in [0.25, 0.3) is 0 Å². The topological polar surface area (TPSA) is 82.2 Å². The molecule has 0 unspecified atom stereocenters. The van der Waals surface area contributed by atoms with E-state index >= 15 is 0 Å². The third-order valence-electron chi connectivity index (χ3n) is 2.24. The van der Waals surface area contributed by atoms with Crippen LogP contribution in [0.15, 0.2) is 0 Å². The van der Waals surface area contributed by atoms with Crippen molar-refractivity contribution < 1.29 is 9.53 Å². The van der Waals surface area contributed by atoms with Crippen LogP contribution in [0.2, 0.25) is 5.15 Å². The number of nitrogens with one attached hydrogen (secondary N) is 1. The van der Waals surface area contributed by atoms with E-state index in [0.717, 1.165) is 11.3 Å². The summed E-state index contributed by atoms with van der Waals surface area (Å²) in [5, 5.41) is 7.99. The molecule has 96 valence electrons. The van der Waals surface area contributed by atoms with Gasteiger partial charge < -0.3 is 15.8 Å². The van der Waals surface area contributed by atoms with Crippen LogP contribution in [0.4, 0.5) is 0 Å². The maximum Gasteiger partial charge on any atom is 0.243 e. The average molecular weight is 261 g/mol. The first-order valence-electron chi connectivity index (χ1n) is 5.27. The highest BCUT2D eigenvalue weighted by molar-refractivity contribution is 6.30. The third-order valence-corrected chi connectivity index (χ3v) is 2.71. The normalized spacial score (nSPS) is 10.8. The van der Waals surface area contributed by atoms with Crippen LogP contribution < -0.4 is 11.1 Å². The lowest BCUT2D eigenvalue weighted by atomic mass is 10.2. The largest absolute Gasteiger partial charge is 0.370 e. The molecule has 0 spiro atoms. The Hall–Kier alpha value is -1.11. The van der Waals surface area contributed by atoms with Crippen LogP contribution in [0.3, 0.4) is 0 Å². The summed E-state index contributed by atoms with van der Waals surface area (Å²) in [7, 11) is 1.80. The number of primary amides is 1. The maximum absolute atomic E-state index is 10.4. The van der Waals surface area contributed by atoms with Crippen molar-refractivity contribution in [1.29, 1.82) is 0 Å². The van der Waals surface area contributed by atoms with Crippen molar-refractivity contribution in [3.63, 3.8) is 0 Å². The molecule has 0 aromatic carbocycles. The molecule has 0 aliphatic carbocycles. The van der Waals surface area contributed by atoms with Crippen molar-refractivity contribution in [2.75, 3.05) is 19.8 Å². The molecule has 0 aliphatic heterocycles. The first-order chi connectivity index (χ1) is 8.02. The fourth-order valence-corrected chi connectivity index (χ4v) is 1.65. The predicted octanol–water partition coefficient (Wildman–Crippen LogP) is -0.0266. The van der Waals surface area contributed by atoms with Gasteiger partial charge in [-0.15, -0.1) is 0 Å². The van der Waals surface area contributed by atoms with E-state index in [1.54, 1.807) is 11.7 Å². The molecule has 0 fully saturated rings. The number of carbonyl (C=O) groups excluding carboxylic acids is 1. The lowest BCUT2D eigenvalue weighted by Gasteiger charge is -2.05. The van der Waals surface area contributed by atoms with Crippen molar-refractivity contribution in [3.8, 4) is 0 Å². The molecule has 7 heteroatoms. The first-order valence-corrected chi connectivity index (χ1v) is 5.65. The van der Waals surface area contributed by atoms with Gasteiger partial charge in [0.1, 0.15) is 11.8 Å². The number of carbonyl (C=O) groups is 1. The Bertz CT molecular complexity index is 392. The molecule has 17 heavy (non-hydrogen) atoms. The van der Waals surface area contributed by atoms with E-state index in [0.29, 0.717) is 24.8 Å².